The van der Waals surface area contributed by atoms with Crippen molar-refractivity contribution < 1.29 is 4.42 Å². The maximum atomic E-state index is 5.29. The first-order valence-corrected chi connectivity index (χ1v) is 6.80. The highest BCUT2D eigenvalue weighted by molar-refractivity contribution is 4.97. The van der Waals surface area contributed by atoms with Crippen LogP contribution in [0.1, 0.15) is 31.9 Å². The number of hydrogen-bond donors (Lipinski definition) is 1. The van der Waals surface area contributed by atoms with Crippen molar-refractivity contribution in [1.82, 2.24) is 10.2 Å². The fraction of sp³-hybridized carbons (Fsp3) is 0.714. The number of likely N-dealkylation sites (tertiary alicyclic amines) is 1. The molecule has 2 rings (SSSR count). The average molecular weight is 236 g/mol. The molecule has 1 aromatic heterocycles. The highest BCUT2D eigenvalue weighted by Gasteiger charge is 2.13. The molecular weight excluding hydrogens is 212 g/mol. The van der Waals surface area contributed by atoms with Crippen LogP contribution in [0.15, 0.2) is 22.8 Å². The normalized spacial score (nSPS) is 19.4. The van der Waals surface area contributed by atoms with E-state index in [2.05, 4.69) is 17.1 Å². The Hall–Kier alpha value is -0.800. The lowest BCUT2D eigenvalue weighted by molar-refractivity contribution is 0.198. The summed E-state index contributed by atoms with van der Waals surface area (Å²) >= 11 is 0. The summed E-state index contributed by atoms with van der Waals surface area (Å²) in [6, 6.07) is 3.95. The van der Waals surface area contributed by atoms with E-state index in [1.165, 1.54) is 38.9 Å². The standard InChI is InChI=1S/C14H24N2O/c1-13(12-16-7-3-2-4-8-16)10-15-11-14-6-5-9-17-14/h5-6,9,13,15H,2-4,7-8,10-12H2,1H3. The molecule has 1 aromatic rings. The molecule has 1 aliphatic heterocycles. The van der Waals surface area contributed by atoms with E-state index >= 15 is 0 Å². The number of nitrogens with one attached hydrogen (secondary N) is 1. The second kappa shape index (κ2) is 6.82. The lowest BCUT2D eigenvalue weighted by atomic mass is 10.1. The van der Waals surface area contributed by atoms with Crippen molar-refractivity contribution in [3.05, 3.63) is 24.2 Å². The van der Waals surface area contributed by atoms with E-state index < -0.39 is 0 Å². The second-order valence-electron chi connectivity index (χ2n) is 5.18. The van der Waals surface area contributed by atoms with Gasteiger partial charge in [0.1, 0.15) is 5.76 Å². The summed E-state index contributed by atoms with van der Waals surface area (Å²) in [6.07, 6.45) is 5.91. The van der Waals surface area contributed by atoms with Crippen molar-refractivity contribution in [3.8, 4) is 0 Å². The molecule has 3 nitrogen and oxygen atoms in total. The Bertz CT molecular complexity index is 291. The Balaban J connectivity index is 1.58. The molecule has 0 saturated carbocycles. The van der Waals surface area contributed by atoms with Crippen LogP contribution in [0.25, 0.3) is 0 Å². The molecular formula is C14H24N2O. The summed E-state index contributed by atoms with van der Waals surface area (Å²) in [6.45, 7) is 8.05. The number of piperidine rings is 1. The van der Waals surface area contributed by atoms with Crippen LogP contribution >= 0.6 is 0 Å². The van der Waals surface area contributed by atoms with Gasteiger partial charge in [-0.3, -0.25) is 0 Å². The van der Waals surface area contributed by atoms with Crippen LogP contribution in [0, 0.1) is 5.92 Å². The van der Waals surface area contributed by atoms with Gasteiger partial charge in [-0.1, -0.05) is 13.3 Å². The SMILES string of the molecule is CC(CNCc1ccco1)CN1CCCCC1. The highest BCUT2D eigenvalue weighted by Crippen LogP contribution is 2.10. The van der Waals surface area contributed by atoms with E-state index in [9.17, 15) is 0 Å². The number of hydrogen-bond acceptors (Lipinski definition) is 3. The monoisotopic (exact) mass is 236 g/mol. The summed E-state index contributed by atoms with van der Waals surface area (Å²) in [5.41, 5.74) is 0. The fourth-order valence-electron chi connectivity index (χ4n) is 2.50. The van der Waals surface area contributed by atoms with E-state index in [1.807, 2.05) is 12.1 Å². The van der Waals surface area contributed by atoms with Crippen LogP contribution in [0.3, 0.4) is 0 Å². The largest absolute Gasteiger partial charge is 0.468 e. The molecule has 0 bridgehead atoms. The van der Waals surface area contributed by atoms with E-state index in [1.54, 1.807) is 6.26 Å². The minimum Gasteiger partial charge on any atom is -0.468 e. The lowest BCUT2D eigenvalue weighted by Crippen LogP contribution is -2.36. The molecule has 0 amide bonds. The molecule has 0 aromatic carbocycles. The summed E-state index contributed by atoms with van der Waals surface area (Å²) in [7, 11) is 0. The zero-order chi connectivity index (χ0) is 11.9. The second-order valence-corrected chi connectivity index (χ2v) is 5.18. The maximum absolute atomic E-state index is 5.29. The van der Waals surface area contributed by atoms with Gasteiger partial charge < -0.3 is 14.6 Å². The van der Waals surface area contributed by atoms with Gasteiger partial charge in [-0.15, -0.1) is 0 Å². The molecule has 2 heterocycles. The first kappa shape index (κ1) is 12.7. The molecule has 17 heavy (non-hydrogen) atoms. The molecule has 96 valence electrons. The minimum atomic E-state index is 0.711. The van der Waals surface area contributed by atoms with Gasteiger partial charge in [0.05, 0.1) is 12.8 Å². The molecule has 1 unspecified atom stereocenters. The molecule has 3 heteroatoms. The van der Waals surface area contributed by atoms with Gasteiger partial charge >= 0.3 is 0 Å². The van der Waals surface area contributed by atoms with Gasteiger partial charge in [0, 0.05) is 6.54 Å². The quantitative estimate of drug-likeness (QED) is 0.822. The Morgan fingerprint density at radius 3 is 2.88 bits per heavy atom. The van der Waals surface area contributed by atoms with Crippen molar-refractivity contribution in [2.24, 2.45) is 5.92 Å². The zero-order valence-corrected chi connectivity index (χ0v) is 10.8. The third kappa shape index (κ3) is 4.52. The molecule has 1 N–H and O–H groups in total. The van der Waals surface area contributed by atoms with Crippen LogP contribution in [-0.2, 0) is 6.54 Å². The lowest BCUT2D eigenvalue weighted by Gasteiger charge is -2.29. The third-order valence-electron chi connectivity index (χ3n) is 3.39. The summed E-state index contributed by atoms with van der Waals surface area (Å²) in [5, 5.41) is 3.46. The molecule has 1 atom stereocenters. The average Bonchev–Trinajstić information content (AvgIpc) is 2.83. The van der Waals surface area contributed by atoms with Gasteiger partial charge in [-0.05, 0) is 50.5 Å². The number of nitrogens with zero attached hydrogens (tertiary/aromatic N) is 1. The van der Waals surface area contributed by atoms with Crippen molar-refractivity contribution in [3.63, 3.8) is 0 Å². The van der Waals surface area contributed by atoms with E-state index in [4.69, 9.17) is 4.42 Å². The van der Waals surface area contributed by atoms with Crippen LogP contribution in [0.5, 0.6) is 0 Å². The predicted octanol–water partition coefficient (Wildman–Crippen LogP) is 2.49. The summed E-state index contributed by atoms with van der Waals surface area (Å²) in [5.74, 6) is 1.73. The van der Waals surface area contributed by atoms with Crippen molar-refractivity contribution >= 4 is 0 Å². The van der Waals surface area contributed by atoms with E-state index in [0.717, 1.165) is 18.8 Å². The molecule has 0 spiro atoms. The fourth-order valence-corrected chi connectivity index (χ4v) is 2.50. The van der Waals surface area contributed by atoms with Crippen LogP contribution in [0.2, 0.25) is 0 Å². The van der Waals surface area contributed by atoms with E-state index in [0.29, 0.717) is 5.92 Å². The smallest absolute Gasteiger partial charge is 0.117 e. The maximum Gasteiger partial charge on any atom is 0.117 e. The van der Waals surface area contributed by atoms with Gasteiger partial charge in [0.2, 0.25) is 0 Å². The van der Waals surface area contributed by atoms with Crippen molar-refractivity contribution in [2.75, 3.05) is 26.2 Å². The molecule has 1 fully saturated rings. The van der Waals surface area contributed by atoms with Crippen LogP contribution in [-0.4, -0.2) is 31.1 Å². The van der Waals surface area contributed by atoms with Gasteiger partial charge in [-0.25, -0.2) is 0 Å². The Morgan fingerprint density at radius 2 is 2.18 bits per heavy atom. The Labute approximate surface area is 104 Å². The highest BCUT2D eigenvalue weighted by atomic mass is 16.3. The summed E-state index contributed by atoms with van der Waals surface area (Å²) in [4.78, 5) is 2.60. The molecule has 1 saturated heterocycles. The molecule has 0 aliphatic carbocycles. The van der Waals surface area contributed by atoms with Crippen LogP contribution in [0.4, 0.5) is 0 Å². The molecule has 0 radical (unpaired) electrons. The van der Waals surface area contributed by atoms with E-state index in [-0.39, 0.29) is 0 Å². The Kier molecular flexibility index (Phi) is 5.08. The molecule has 1 aliphatic rings. The van der Waals surface area contributed by atoms with Gasteiger partial charge in [0.15, 0.2) is 0 Å². The predicted molar refractivity (Wildman–Crippen MR) is 69.9 cm³/mol. The zero-order valence-electron chi connectivity index (χ0n) is 10.8. The van der Waals surface area contributed by atoms with Crippen LogP contribution < -0.4 is 5.32 Å². The van der Waals surface area contributed by atoms with Crippen molar-refractivity contribution in [1.29, 1.82) is 0 Å². The van der Waals surface area contributed by atoms with Gasteiger partial charge in [0.25, 0.3) is 0 Å². The minimum absolute atomic E-state index is 0.711. The number of rotatable bonds is 6. The Morgan fingerprint density at radius 1 is 1.35 bits per heavy atom. The first-order valence-electron chi connectivity index (χ1n) is 6.80. The number of furan rings is 1. The third-order valence-corrected chi connectivity index (χ3v) is 3.39. The first-order chi connectivity index (χ1) is 8.34. The topological polar surface area (TPSA) is 28.4 Å². The summed E-state index contributed by atoms with van der Waals surface area (Å²) < 4.78 is 5.29. The van der Waals surface area contributed by atoms with Crippen molar-refractivity contribution in [2.45, 2.75) is 32.7 Å². The van der Waals surface area contributed by atoms with Gasteiger partial charge in [-0.2, -0.15) is 0 Å².